The van der Waals surface area contributed by atoms with Gasteiger partial charge in [0.25, 0.3) is 0 Å². The molecule has 0 aromatic heterocycles. The molecule has 106 valence electrons. The predicted octanol–water partition coefficient (Wildman–Crippen LogP) is 2.39. The summed E-state index contributed by atoms with van der Waals surface area (Å²) in [7, 11) is 0. The minimum Gasteiger partial charge on any atom is -0.409 e. The van der Waals surface area contributed by atoms with Gasteiger partial charge in [-0.25, -0.2) is 4.39 Å². The van der Waals surface area contributed by atoms with Gasteiger partial charge < -0.3 is 15.7 Å². The molecule has 1 aromatic carbocycles. The number of benzene rings is 1. The highest BCUT2D eigenvalue weighted by atomic mass is 19.4. The van der Waals surface area contributed by atoms with E-state index >= 15 is 0 Å². The van der Waals surface area contributed by atoms with Gasteiger partial charge in [-0.1, -0.05) is 11.2 Å². The Bertz CT molecular complexity index is 460. The maximum Gasteiger partial charge on any atom is 0.391 e. The van der Waals surface area contributed by atoms with Gasteiger partial charge in [0, 0.05) is 5.56 Å². The summed E-state index contributed by atoms with van der Waals surface area (Å²) >= 11 is 0. The van der Waals surface area contributed by atoms with Gasteiger partial charge in [-0.15, -0.1) is 0 Å². The van der Waals surface area contributed by atoms with E-state index in [4.69, 9.17) is 15.7 Å². The molecule has 1 aromatic rings. The van der Waals surface area contributed by atoms with Crippen molar-refractivity contribution >= 4 is 5.84 Å². The van der Waals surface area contributed by atoms with Crippen LogP contribution in [0.1, 0.15) is 17.5 Å². The maximum atomic E-state index is 13.0. The van der Waals surface area contributed by atoms with E-state index in [9.17, 15) is 17.6 Å². The third kappa shape index (κ3) is 5.12. The Morgan fingerprint density at radius 1 is 1.37 bits per heavy atom. The summed E-state index contributed by atoms with van der Waals surface area (Å²) in [6.07, 6.45) is -5.37. The average molecular weight is 280 g/mol. The van der Waals surface area contributed by atoms with E-state index in [0.717, 1.165) is 12.1 Å². The van der Waals surface area contributed by atoms with E-state index in [0.29, 0.717) is 5.56 Å². The normalized spacial score (nSPS) is 12.7. The van der Waals surface area contributed by atoms with Crippen molar-refractivity contribution in [3.63, 3.8) is 0 Å². The van der Waals surface area contributed by atoms with Crippen LogP contribution in [0, 0.1) is 5.82 Å². The van der Waals surface area contributed by atoms with Gasteiger partial charge in [0.15, 0.2) is 5.84 Å². The molecule has 0 amide bonds. The summed E-state index contributed by atoms with van der Waals surface area (Å²) in [5.74, 6) is -0.949. The first-order valence-electron chi connectivity index (χ1n) is 5.24. The minimum absolute atomic E-state index is 0.0782. The summed E-state index contributed by atoms with van der Waals surface area (Å²) in [4.78, 5) is 0. The number of oxime groups is 1. The quantitative estimate of drug-likeness (QED) is 0.217. The molecular formula is C11H12F4N2O2. The second-order valence-corrected chi connectivity index (χ2v) is 3.70. The van der Waals surface area contributed by atoms with Crippen molar-refractivity contribution in [2.75, 3.05) is 6.61 Å². The number of nitrogens with two attached hydrogens (primary N) is 1. The van der Waals surface area contributed by atoms with Crippen LogP contribution in [0.4, 0.5) is 17.6 Å². The van der Waals surface area contributed by atoms with E-state index < -0.39 is 25.0 Å². The fourth-order valence-corrected chi connectivity index (χ4v) is 1.34. The molecule has 0 fully saturated rings. The lowest BCUT2D eigenvalue weighted by Crippen LogP contribution is -2.17. The molecule has 0 bridgehead atoms. The number of amidine groups is 1. The van der Waals surface area contributed by atoms with Crippen LogP contribution in [-0.2, 0) is 11.3 Å². The first-order chi connectivity index (χ1) is 8.83. The van der Waals surface area contributed by atoms with Crippen LogP contribution in [0.5, 0.6) is 0 Å². The van der Waals surface area contributed by atoms with Gasteiger partial charge >= 0.3 is 6.18 Å². The second kappa shape index (κ2) is 6.37. The van der Waals surface area contributed by atoms with Crippen molar-refractivity contribution in [1.82, 2.24) is 0 Å². The topological polar surface area (TPSA) is 67.8 Å². The number of nitrogens with zero attached hydrogens (tertiary/aromatic N) is 1. The SMILES string of the molecule is N/C(=N/O)c1cc(F)ccc1COCCC(F)(F)F. The molecular weight excluding hydrogens is 268 g/mol. The van der Waals surface area contributed by atoms with Gasteiger partial charge in [-0.2, -0.15) is 13.2 Å². The first kappa shape index (κ1) is 15.2. The molecule has 0 aliphatic heterocycles. The largest absolute Gasteiger partial charge is 0.409 e. The maximum absolute atomic E-state index is 13.0. The van der Waals surface area contributed by atoms with Crippen molar-refractivity contribution in [2.45, 2.75) is 19.2 Å². The fraction of sp³-hybridized carbons (Fsp3) is 0.364. The molecule has 0 atom stereocenters. The summed E-state index contributed by atoms with van der Waals surface area (Å²) in [5.41, 5.74) is 5.75. The number of rotatable bonds is 5. The van der Waals surface area contributed by atoms with E-state index in [1.165, 1.54) is 6.07 Å². The van der Waals surface area contributed by atoms with Gasteiger partial charge in [-0.05, 0) is 17.7 Å². The lowest BCUT2D eigenvalue weighted by molar-refractivity contribution is -0.146. The molecule has 0 saturated heterocycles. The first-order valence-corrected chi connectivity index (χ1v) is 5.24. The third-order valence-corrected chi connectivity index (χ3v) is 2.24. The summed E-state index contributed by atoms with van der Waals surface area (Å²) in [6.45, 7) is -0.710. The molecule has 0 saturated carbocycles. The molecule has 1 rings (SSSR count). The van der Waals surface area contributed by atoms with E-state index in [1.54, 1.807) is 0 Å². The fourth-order valence-electron chi connectivity index (χ4n) is 1.34. The van der Waals surface area contributed by atoms with Crippen molar-refractivity contribution in [3.05, 3.63) is 35.1 Å². The third-order valence-electron chi connectivity index (χ3n) is 2.24. The Morgan fingerprint density at radius 2 is 2.05 bits per heavy atom. The van der Waals surface area contributed by atoms with Crippen LogP contribution in [0.2, 0.25) is 0 Å². The van der Waals surface area contributed by atoms with Gasteiger partial charge in [0.1, 0.15) is 5.82 Å². The molecule has 3 N–H and O–H groups in total. The molecule has 8 heteroatoms. The van der Waals surface area contributed by atoms with Crippen molar-refractivity contribution in [1.29, 1.82) is 0 Å². The zero-order valence-corrected chi connectivity index (χ0v) is 9.75. The highest BCUT2D eigenvalue weighted by molar-refractivity contribution is 5.98. The van der Waals surface area contributed by atoms with Crippen LogP contribution < -0.4 is 5.73 Å². The number of alkyl halides is 3. The van der Waals surface area contributed by atoms with Crippen LogP contribution >= 0.6 is 0 Å². The zero-order chi connectivity index (χ0) is 14.5. The van der Waals surface area contributed by atoms with Gasteiger partial charge in [0.2, 0.25) is 0 Å². The Morgan fingerprint density at radius 3 is 2.63 bits per heavy atom. The Kier molecular flexibility index (Phi) is 5.11. The Hall–Kier alpha value is -1.83. The summed E-state index contributed by atoms with van der Waals surface area (Å²) in [6, 6.07) is 3.42. The van der Waals surface area contributed by atoms with Gasteiger partial charge in [-0.3, -0.25) is 0 Å². The van der Waals surface area contributed by atoms with Crippen LogP contribution in [0.15, 0.2) is 23.4 Å². The molecule has 0 spiro atoms. The highest BCUT2D eigenvalue weighted by Crippen LogP contribution is 2.20. The molecule has 0 aliphatic carbocycles. The summed E-state index contributed by atoms with van der Waals surface area (Å²) < 4.78 is 53.5. The van der Waals surface area contributed by atoms with E-state index in [1.807, 2.05) is 0 Å². The number of hydrogen-bond acceptors (Lipinski definition) is 3. The molecule has 0 heterocycles. The summed E-state index contributed by atoms with van der Waals surface area (Å²) in [5, 5.41) is 11.3. The molecule has 19 heavy (non-hydrogen) atoms. The smallest absolute Gasteiger partial charge is 0.391 e. The Balaban J connectivity index is 2.68. The number of halogens is 4. The number of ether oxygens (including phenoxy) is 1. The lowest BCUT2D eigenvalue weighted by atomic mass is 10.1. The van der Waals surface area contributed by atoms with Crippen LogP contribution in [0.3, 0.4) is 0 Å². The van der Waals surface area contributed by atoms with Crippen LogP contribution in [-0.4, -0.2) is 23.8 Å². The Labute approximate surface area is 106 Å². The lowest BCUT2D eigenvalue weighted by Gasteiger charge is -2.10. The van der Waals surface area contributed by atoms with E-state index in [2.05, 4.69) is 5.16 Å². The minimum atomic E-state index is -4.29. The predicted molar refractivity (Wildman–Crippen MR) is 59.2 cm³/mol. The standard InChI is InChI=1S/C11H12F4N2O2/c12-8-2-1-7(9(5-8)10(16)17-18)6-19-4-3-11(13,14)15/h1-2,5,18H,3-4,6H2,(H2,16,17). The van der Waals surface area contributed by atoms with Crippen molar-refractivity contribution in [2.24, 2.45) is 10.9 Å². The molecule has 0 aliphatic rings. The number of hydrogen-bond donors (Lipinski definition) is 2. The van der Waals surface area contributed by atoms with Crippen molar-refractivity contribution < 1.29 is 27.5 Å². The average Bonchev–Trinajstić information content (AvgIpc) is 2.33. The molecule has 0 radical (unpaired) electrons. The zero-order valence-electron chi connectivity index (χ0n) is 9.75. The highest BCUT2D eigenvalue weighted by Gasteiger charge is 2.26. The van der Waals surface area contributed by atoms with Gasteiger partial charge in [0.05, 0.1) is 19.6 Å². The van der Waals surface area contributed by atoms with Crippen LogP contribution in [0.25, 0.3) is 0 Å². The monoisotopic (exact) mass is 280 g/mol. The van der Waals surface area contributed by atoms with Crippen molar-refractivity contribution in [3.8, 4) is 0 Å². The molecule has 4 nitrogen and oxygen atoms in total. The molecule has 0 unspecified atom stereocenters. The second-order valence-electron chi connectivity index (χ2n) is 3.70. The van der Waals surface area contributed by atoms with E-state index in [-0.39, 0.29) is 18.0 Å².